The third kappa shape index (κ3) is 4.76. The summed E-state index contributed by atoms with van der Waals surface area (Å²) in [7, 11) is 0.857. The van der Waals surface area contributed by atoms with E-state index in [0.29, 0.717) is 0 Å². The summed E-state index contributed by atoms with van der Waals surface area (Å²) in [6.07, 6.45) is 0. The first-order valence-electron chi connectivity index (χ1n) is 21.1. The van der Waals surface area contributed by atoms with E-state index in [1.165, 1.54) is 118 Å². The van der Waals surface area contributed by atoms with E-state index in [1.54, 1.807) is 0 Å². The molecule has 60 heavy (non-hydrogen) atoms. The van der Waals surface area contributed by atoms with Crippen molar-refractivity contribution in [3.05, 3.63) is 162 Å². The Labute approximate surface area is 358 Å². The molecule has 8 aromatic carbocycles. The highest BCUT2D eigenvalue weighted by Gasteiger charge is 2.37. The predicted molar refractivity (Wildman–Crippen MR) is 264 cm³/mol. The number of rotatable bonds is 3. The van der Waals surface area contributed by atoms with Crippen LogP contribution in [0.4, 0.5) is 11.4 Å². The second-order valence-corrected chi connectivity index (χ2v) is 20.8. The quantitative estimate of drug-likeness (QED) is 0.176. The Morgan fingerprint density at radius 3 is 1.97 bits per heavy atom. The minimum Gasteiger partial charge on any atom is -0.355 e. The molecule has 3 aromatic heterocycles. The van der Waals surface area contributed by atoms with Crippen molar-refractivity contribution in [1.82, 2.24) is 4.57 Å². The fourth-order valence-electron chi connectivity index (χ4n) is 10.7. The fraction of sp³-hybridized carbons (Fsp3) is 0.127. The summed E-state index contributed by atoms with van der Waals surface area (Å²) in [5, 5.41) is 12.0. The molecule has 11 aromatic rings. The van der Waals surface area contributed by atoms with Crippen molar-refractivity contribution >= 4 is 114 Å². The number of fused-ring (bicyclic) bond motifs is 14. The first kappa shape index (κ1) is 34.7. The Morgan fingerprint density at radius 1 is 0.533 bits per heavy atom. The van der Waals surface area contributed by atoms with Gasteiger partial charge in [-0.3, -0.25) is 0 Å². The summed E-state index contributed by atoms with van der Waals surface area (Å²) in [5.41, 5.74) is 18.2. The molecule has 0 unspecified atom stereocenters. The van der Waals surface area contributed by atoms with Crippen LogP contribution in [-0.4, -0.2) is 11.8 Å². The van der Waals surface area contributed by atoms with Crippen molar-refractivity contribution in [1.29, 1.82) is 0 Å². The molecule has 13 rings (SSSR count). The first-order valence-corrected chi connectivity index (χ1v) is 22.8. The van der Waals surface area contributed by atoms with Gasteiger partial charge in [0.25, 0.3) is 0 Å². The highest BCUT2D eigenvalue weighted by atomic mass is 32.1. The van der Waals surface area contributed by atoms with Crippen LogP contribution in [0.2, 0.25) is 0 Å². The summed E-state index contributed by atoms with van der Waals surface area (Å²) in [5.74, 6) is 0. The third-order valence-electron chi connectivity index (χ3n) is 13.8. The van der Waals surface area contributed by atoms with Gasteiger partial charge in [-0.1, -0.05) is 131 Å². The van der Waals surface area contributed by atoms with E-state index in [9.17, 15) is 0 Å². The molecule has 2 nitrogen and oxygen atoms in total. The third-order valence-corrected chi connectivity index (χ3v) is 16.0. The highest BCUT2D eigenvalue weighted by molar-refractivity contribution is 7.26. The van der Waals surface area contributed by atoms with Crippen molar-refractivity contribution < 1.29 is 0 Å². The molecule has 0 spiro atoms. The fourth-order valence-corrected chi connectivity index (χ4v) is 12.9. The van der Waals surface area contributed by atoms with Crippen LogP contribution in [0.5, 0.6) is 0 Å². The molecule has 0 radical (unpaired) electrons. The second-order valence-electron chi connectivity index (χ2n) is 18.6. The van der Waals surface area contributed by atoms with Gasteiger partial charge in [-0.2, -0.15) is 0 Å². The van der Waals surface area contributed by atoms with E-state index in [2.05, 4.69) is 190 Å². The van der Waals surface area contributed by atoms with Crippen LogP contribution >= 0.6 is 22.7 Å². The maximum absolute atomic E-state index is 3.99. The lowest BCUT2D eigenvalue weighted by Gasteiger charge is -2.26. The van der Waals surface area contributed by atoms with E-state index in [1.807, 2.05) is 22.7 Å². The number of thiophene rings is 2. The van der Waals surface area contributed by atoms with E-state index in [4.69, 9.17) is 0 Å². The summed E-state index contributed by atoms with van der Waals surface area (Å²) in [6.45, 7) is 11.6. The van der Waals surface area contributed by atoms with Crippen molar-refractivity contribution in [2.45, 2.75) is 45.4 Å². The van der Waals surface area contributed by atoms with E-state index in [-0.39, 0.29) is 10.8 Å². The number of hydrogen-bond acceptors (Lipinski definition) is 3. The number of nitrogens with one attached hydrogen (secondary N) is 1. The Bertz CT molecular complexity index is 3670. The standard InChI is InChI=1S/C55H41BN2S2/c1-54(2,3)30-18-20-31(21-19-30)57-45-27-37-32-12-6-9-15-42(32)55(4,5)43(37)25-38(45)35-22-23-36-39-24-40-33-13-7-10-16-48(33)59-50(40)28-46(39)58-47-29-51-41(26-44(47)56-52(35)53(36)58)34-14-8-11-17-49(34)60-51/h6-29,56-57H,1-5H3. The topological polar surface area (TPSA) is 17.0 Å². The molecule has 1 aliphatic heterocycles. The molecule has 0 atom stereocenters. The molecule has 1 N–H and O–H groups in total. The van der Waals surface area contributed by atoms with Gasteiger partial charge in [-0.15, -0.1) is 22.7 Å². The normalized spacial score (nSPS) is 14.0. The van der Waals surface area contributed by atoms with Gasteiger partial charge >= 0.3 is 0 Å². The van der Waals surface area contributed by atoms with Crippen LogP contribution in [-0.2, 0) is 10.8 Å². The Kier molecular flexibility index (Phi) is 6.94. The number of hydrogen-bond donors (Lipinski definition) is 1. The second kappa shape index (κ2) is 12.0. The molecule has 0 fully saturated rings. The van der Waals surface area contributed by atoms with Gasteiger partial charge in [-0.25, -0.2) is 0 Å². The lowest BCUT2D eigenvalue weighted by Crippen LogP contribution is -2.37. The molecule has 2 aliphatic rings. The Morgan fingerprint density at radius 2 is 1.22 bits per heavy atom. The number of nitrogens with zero attached hydrogens (tertiary/aromatic N) is 1. The summed E-state index contributed by atoms with van der Waals surface area (Å²) in [4.78, 5) is 0. The first-order chi connectivity index (χ1) is 29.1. The van der Waals surface area contributed by atoms with Gasteiger partial charge in [0.05, 0.1) is 5.52 Å². The van der Waals surface area contributed by atoms with Gasteiger partial charge in [0.1, 0.15) is 0 Å². The maximum atomic E-state index is 3.99. The van der Waals surface area contributed by atoms with Crippen LogP contribution in [0.25, 0.3) is 90.1 Å². The van der Waals surface area contributed by atoms with Crippen LogP contribution in [0.3, 0.4) is 0 Å². The average Bonchev–Trinajstić information content (AvgIpc) is 3.96. The summed E-state index contributed by atoms with van der Waals surface area (Å²) >= 11 is 3.82. The molecule has 0 saturated heterocycles. The number of aromatic nitrogens is 1. The minimum atomic E-state index is -0.128. The van der Waals surface area contributed by atoms with Crippen LogP contribution < -0.4 is 16.2 Å². The largest absolute Gasteiger partial charge is 0.355 e. The lowest BCUT2D eigenvalue weighted by atomic mass is 9.59. The van der Waals surface area contributed by atoms with Gasteiger partial charge in [-0.05, 0) is 104 Å². The van der Waals surface area contributed by atoms with Crippen molar-refractivity contribution in [3.63, 3.8) is 0 Å². The Hall–Kier alpha value is -6.14. The summed E-state index contributed by atoms with van der Waals surface area (Å²) < 4.78 is 7.99. The highest BCUT2D eigenvalue weighted by Crippen LogP contribution is 2.52. The monoisotopic (exact) mass is 804 g/mol. The van der Waals surface area contributed by atoms with Crippen LogP contribution in [0, 0.1) is 0 Å². The zero-order valence-electron chi connectivity index (χ0n) is 34.3. The maximum Gasteiger partial charge on any atom is 0.198 e. The smallest absolute Gasteiger partial charge is 0.198 e. The molecule has 4 heterocycles. The average molecular weight is 805 g/mol. The zero-order valence-corrected chi connectivity index (χ0v) is 36.0. The van der Waals surface area contributed by atoms with Crippen molar-refractivity contribution in [2.24, 2.45) is 0 Å². The summed E-state index contributed by atoms with van der Waals surface area (Å²) in [6, 6.07) is 55.7. The van der Waals surface area contributed by atoms with Gasteiger partial charge in [0, 0.05) is 79.3 Å². The van der Waals surface area contributed by atoms with Crippen molar-refractivity contribution in [3.8, 4) is 27.9 Å². The van der Waals surface area contributed by atoms with Crippen LogP contribution in [0.1, 0.15) is 51.3 Å². The number of anilines is 2. The molecule has 5 heteroatoms. The SMILES string of the molecule is CC(C)(C)c1ccc(Nc2cc3c(cc2-c2ccc4c5cc6c(cc5n5c4c2Bc2cc4c(cc2-5)sc2ccccc24)sc2ccccc26)C(C)(C)c2ccccc2-3)cc1. The van der Waals surface area contributed by atoms with Gasteiger partial charge in [0.15, 0.2) is 7.28 Å². The molecule has 1 aliphatic carbocycles. The number of benzene rings is 8. The van der Waals surface area contributed by atoms with Gasteiger partial charge < -0.3 is 9.88 Å². The zero-order chi connectivity index (χ0) is 40.2. The minimum absolute atomic E-state index is 0.0858. The molecular formula is C55H41BN2S2. The van der Waals surface area contributed by atoms with Gasteiger partial charge in [0.2, 0.25) is 0 Å². The van der Waals surface area contributed by atoms with Crippen molar-refractivity contribution in [2.75, 3.05) is 5.32 Å². The molecule has 286 valence electrons. The molecule has 0 saturated carbocycles. The Balaban J connectivity index is 1.11. The molecular weight excluding hydrogens is 764 g/mol. The molecule has 0 amide bonds. The van der Waals surface area contributed by atoms with E-state index in [0.717, 1.165) is 18.7 Å². The van der Waals surface area contributed by atoms with E-state index >= 15 is 0 Å². The van der Waals surface area contributed by atoms with Crippen LogP contribution in [0.15, 0.2) is 146 Å². The lowest BCUT2D eigenvalue weighted by molar-refractivity contribution is 0.590. The predicted octanol–water partition coefficient (Wildman–Crippen LogP) is 14.2. The molecule has 0 bridgehead atoms. The van der Waals surface area contributed by atoms with E-state index < -0.39 is 0 Å².